The highest BCUT2D eigenvalue weighted by Crippen LogP contribution is 2.11. The van der Waals surface area contributed by atoms with Gasteiger partial charge in [-0.2, -0.15) is 5.10 Å². The van der Waals surface area contributed by atoms with E-state index in [0.29, 0.717) is 11.5 Å². The molecule has 1 aromatic heterocycles. The number of hydrogen-bond acceptors (Lipinski definition) is 3. The van der Waals surface area contributed by atoms with Gasteiger partial charge in [-0.25, -0.2) is 4.98 Å². The molecule has 4 nitrogen and oxygen atoms in total. The van der Waals surface area contributed by atoms with Gasteiger partial charge in [0.1, 0.15) is 11.5 Å². The smallest absolute Gasteiger partial charge is 0.199 e. The molecule has 1 aromatic rings. The number of hydrogen-bond donors (Lipinski definition) is 1. The monoisotopic (exact) mass is 218 g/mol. The van der Waals surface area contributed by atoms with Crippen molar-refractivity contribution in [2.45, 2.75) is 33.1 Å². The van der Waals surface area contributed by atoms with Crippen LogP contribution in [0.25, 0.3) is 5.70 Å². The largest absolute Gasteiger partial charge is 0.263 e. The van der Waals surface area contributed by atoms with Gasteiger partial charge in [-0.15, -0.1) is 0 Å². The summed E-state index contributed by atoms with van der Waals surface area (Å²) < 4.78 is 0. The van der Waals surface area contributed by atoms with Gasteiger partial charge >= 0.3 is 0 Å². The fraction of sp³-hybridized carbons (Fsp3) is 0.417. The molecule has 86 valence electrons. The summed E-state index contributed by atoms with van der Waals surface area (Å²) in [7, 11) is 0. The summed E-state index contributed by atoms with van der Waals surface area (Å²) >= 11 is 0. The first-order valence-electron chi connectivity index (χ1n) is 5.53. The number of aromatic nitrogens is 3. The molecule has 1 rings (SSSR count). The normalized spacial score (nSPS) is 12.2. The van der Waals surface area contributed by atoms with E-state index in [9.17, 15) is 0 Å². The van der Waals surface area contributed by atoms with Crippen LogP contribution >= 0.6 is 0 Å². The van der Waals surface area contributed by atoms with Crippen LogP contribution < -0.4 is 0 Å². The molecule has 0 aliphatic carbocycles. The molecule has 0 saturated carbocycles. The van der Waals surface area contributed by atoms with Gasteiger partial charge < -0.3 is 0 Å². The Morgan fingerprint density at radius 2 is 2.38 bits per heavy atom. The Bertz CT molecular complexity index is 387. The van der Waals surface area contributed by atoms with E-state index in [4.69, 9.17) is 0 Å². The van der Waals surface area contributed by atoms with Crippen LogP contribution in [0.2, 0.25) is 0 Å². The van der Waals surface area contributed by atoms with Gasteiger partial charge in [0.15, 0.2) is 5.82 Å². The maximum atomic E-state index is 4.37. The lowest BCUT2D eigenvalue weighted by atomic mass is 10.2. The third-order valence-corrected chi connectivity index (χ3v) is 2.14. The minimum absolute atomic E-state index is 0.610. The van der Waals surface area contributed by atoms with Crippen molar-refractivity contribution in [3.63, 3.8) is 0 Å². The molecule has 0 aliphatic heterocycles. The van der Waals surface area contributed by atoms with Crippen LogP contribution in [0.15, 0.2) is 23.2 Å². The number of aliphatic imine (C=N–C) groups is 1. The lowest BCUT2D eigenvalue weighted by Crippen LogP contribution is -1.88. The Morgan fingerprint density at radius 3 is 3.00 bits per heavy atom. The molecule has 0 saturated heterocycles. The van der Waals surface area contributed by atoms with Gasteiger partial charge in [0.25, 0.3) is 0 Å². The second-order valence-corrected chi connectivity index (χ2v) is 3.45. The second kappa shape index (κ2) is 6.71. The van der Waals surface area contributed by atoms with E-state index >= 15 is 0 Å². The van der Waals surface area contributed by atoms with Crippen molar-refractivity contribution >= 4 is 12.4 Å². The third-order valence-electron chi connectivity index (χ3n) is 2.14. The molecule has 4 heteroatoms. The molecule has 0 fully saturated rings. The third kappa shape index (κ3) is 3.46. The van der Waals surface area contributed by atoms with Crippen molar-refractivity contribution in [3.8, 4) is 0 Å². The van der Waals surface area contributed by atoms with Crippen molar-refractivity contribution in [3.05, 3.63) is 29.9 Å². The zero-order chi connectivity index (χ0) is 11.8. The van der Waals surface area contributed by atoms with E-state index in [1.165, 1.54) is 0 Å². The number of H-pyrrole nitrogens is 1. The number of nitrogens with one attached hydrogen (secondary N) is 1. The molecule has 0 unspecified atom stereocenters. The highest BCUT2D eigenvalue weighted by molar-refractivity contribution is 5.64. The van der Waals surface area contributed by atoms with Crippen LogP contribution in [-0.4, -0.2) is 21.9 Å². The van der Waals surface area contributed by atoms with Crippen molar-refractivity contribution < 1.29 is 0 Å². The van der Waals surface area contributed by atoms with Gasteiger partial charge in [-0.05, 0) is 26.1 Å². The van der Waals surface area contributed by atoms with Crippen molar-refractivity contribution in [1.82, 2.24) is 15.2 Å². The summed E-state index contributed by atoms with van der Waals surface area (Å²) in [4.78, 5) is 8.27. The molecule has 0 aromatic carbocycles. The van der Waals surface area contributed by atoms with E-state index in [1.54, 1.807) is 0 Å². The van der Waals surface area contributed by atoms with Crippen LogP contribution in [0.3, 0.4) is 0 Å². The van der Waals surface area contributed by atoms with Crippen LogP contribution in [0.1, 0.15) is 38.3 Å². The highest BCUT2D eigenvalue weighted by atomic mass is 15.2. The number of unbranched alkanes of at least 4 members (excludes halogenated alkanes) is 1. The maximum Gasteiger partial charge on any atom is 0.199 e. The zero-order valence-electron chi connectivity index (χ0n) is 9.90. The van der Waals surface area contributed by atoms with Crippen molar-refractivity contribution in [1.29, 1.82) is 0 Å². The number of nitrogens with zero attached hydrogens (tertiary/aromatic N) is 3. The quantitative estimate of drug-likeness (QED) is 0.589. The first kappa shape index (κ1) is 12.4. The second-order valence-electron chi connectivity index (χ2n) is 3.45. The predicted molar refractivity (Wildman–Crippen MR) is 67.3 cm³/mol. The molecule has 0 bridgehead atoms. The lowest BCUT2D eigenvalue weighted by Gasteiger charge is -1.92. The SMILES string of the molecule is C=N/C(=C\C=C/C)c1n[nH]c(CCCC)n1. The fourth-order valence-electron chi connectivity index (χ4n) is 1.25. The average molecular weight is 218 g/mol. The minimum Gasteiger partial charge on any atom is -0.263 e. The van der Waals surface area contributed by atoms with Crippen LogP contribution in [0.4, 0.5) is 0 Å². The Balaban J connectivity index is 2.78. The molecular weight excluding hydrogens is 200 g/mol. The minimum atomic E-state index is 0.610. The maximum absolute atomic E-state index is 4.37. The molecule has 0 aliphatic rings. The van der Waals surface area contributed by atoms with Crippen LogP contribution in [-0.2, 0) is 6.42 Å². The van der Waals surface area contributed by atoms with E-state index < -0.39 is 0 Å². The molecule has 0 radical (unpaired) electrons. The molecule has 1 heterocycles. The lowest BCUT2D eigenvalue weighted by molar-refractivity contribution is 0.756. The number of rotatable bonds is 6. The Labute approximate surface area is 96.2 Å². The average Bonchev–Trinajstić information content (AvgIpc) is 2.76. The Kier molecular flexibility index (Phi) is 5.19. The standard InChI is InChI=1S/C12H18N4/c1-4-6-8-10(13-3)12-14-11(15-16-12)9-7-5-2/h4,6,8H,3,5,7,9H2,1-2H3,(H,14,15,16)/b6-4-,10-8-. The zero-order valence-corrected chi connectivity index (χ0v) is 9.90. The summed E-state index contributed by atoms with van der Waals surface area (Å²) in [6, 6.07) is 0. The summed E-state index contributed by atoms with van der Waals surface area (Å²) in [5.74, 6) is 1.52. The number of allylic oxidation sites excluding steroid dienone is 3. The van der Waals surface area contributed by atoms with Crippen LogP contribution in [0, 0.1) is 0 Å². The summed E-state index contributed by atoms with van der Waals surface area (Å²) in [5.41, 5.74) is 0.692. The van der Waals surface area contributed by atoms with Crippen LogP contribution in [0.5, 0.6) is 0 Å². The first-order valence-corrected chi connectivity index (χ1v) is 5.53. The summed E-state index contributed by atoms with van der Waals surface area (Å²) in [5, 5.41) is 7.04. The van der Waals surface area contributed by atoms with Gasteiger partial charge in [-0.1, -0.05) is 25.5 Å². The van der Waals surface area contributed by atoms with E-state index in [0.717, 1.165) is 25.1 Å². The van der Waals surface area contributed by atoms with Gasteiger partial charge in [0.05, 0.1) is 0 Å². The molecule has 16 heavy (non-hydrogen) atoms. The predicted octanol–water partition coefficient (Wildman–Crippen LogP) is 2.76. The molecular formula is C12H18N4. The molecule has 0 atom stereocenters. The van der Waals surface area contributed by atoms with Gasteiger partial charge in [-0.3, -0.25) is 10.1 Å². The summed E-state index contributed by atoms with van der Waals surface area (Å²) in [6.07, 6.45) is 8.86. The Hall–Kier alpha value is -1.71. The van der Waals surface area contributed by atoms with Gasteiger partial charge in [0, 0.05) is 6.42 Å². The first-order chi connectivity index (χ1) is 7.81. The van der Waals surface area contributed by atoms with E-state index in [-0.39, 0.29) is 0 Å². The summed E-state index contributed by atoms with van der Waals surface area (Å²) in [6.45, 7) is 7.61. The molecule has 0 spiro atoms. The number of aromatic amines is 1. The Morgan fingerprint density at radius 1 is 1.56 bits per heavy atom. The van der Waals surface area contributed by atoms with Gasteiger partial charge in [0.2, 0.25) is 0 Å². The van der Waals surface area contributed by atoms with E-state index in [2.05, 4.69) is 33.8 Å². The fourth-order valence-corrected chi connectivity index (χ4v) is 1.25. The molecule has 0 amide bonds. The van der Waals surface area contributed by atoms with Crippen molar-refractivity contribution in [2.24, 2.45) is 4.99 Å². The number of aryl methyl sites for hydroxylation is 1. The molecule has 1 N–H and O–H groups in total. The topological polar surface area (TPSA) is 53.9 Å². The highest BCUT2D eigenvalue weighted by Gasteiger charge is 2.05. The van der Waals surface area contributed by atoms with Crippen molar-refractivity contribution in [2.75, 3.05) is 0 Å². The van der Waals surface area contributed by atoms with E-state index in [1.807, 2.05) is 25.2 Å².